The van der Waals surface area contributed by atoms with E-state index in [0.717, 1.165) is 71.6 Å². The monoisotopic (exact) mass is 661 g/mol. The van der Waals surface area contributed by atoms with Crippen LogP contribution in [0.2, 0.25) is 0 Å². The van der Waals surface area contributed by atoms with Crippen LogP contribution in [0.1, 0.15) is 0 Å². The molecular formula is C48H27N3O. The molecule has 0 unspecified atom stereocenters. The SMILES string of the molecule is c1ccc(-c2nc(-n3c4ccccc4c4cc(-c5ccc6oc7cc8c9c(cccc9c7c6c5)-c5ccccc5-8)ccc43)nc3ccccc23)cc1. The van der Waals surface area contributed by atoms with Gasteiger partial charge in [0.05, 0.1) is 22.2 Å². The molecule has 3 aromatic heterocycles. The molecule has 3 heterocycles. The van der Waals surface area contributed by atoms with Gasteiger partial charge in [0, 0.05) is 32.5 Å². The molecule has 8 aromatic carbocycles. The van der Waals surface area contributed by atoms with Crippen molar-refractivity contribution in [3.63, 3.8) is 0 Å². The van der Waals surface area contributed by atoms with Crippen molar-refractivity contribution in [3.8, 4) is 50.6 Å². The van der Waals surface area contributed by atoms with E-state index in [1.54, 1.807) is 0 Å². The van der Waals surface area contributed by atoms with E-state index in [1.807, 2.05) is 12.1 Å². The second-order valence-electron chi connectivity index (χ2n) is 13.7. The molecule has 1 aliphatic carbocycles. The van der Waals surface area contributed by atoms with E-state index in [0.29, 0.717) is 5.95 Å². The third-order valence-corrected chi connectivity index (χ3v) is 10.9. The Balaban J connectivity index is 1.06. The fourth-order valence-corrected chi connectivity index (χ4v) is 8.67. The van der Waals surface area contributed by atoms with Crippen LogP contribution < -0.4 is 0 Å². The Morgan fingerprint density at radius 3 is 1.94 bits per heavy atom. The Bertz CT molecular complexity index is 3300. The predicted molar refractivity (Wildman–Crippen MR) is 214 cm³/mol. The van der Waals surface area contributed by atoms with Gasteiger partial charge < -0.3 is 4.42 Å². The molecule has 0 aliphatic heterocycles. The molecule has 0 spiro atoms. The number of benzene rings is 8. The van der Waals surface area contributed by atoms with Crippen molar-refractivity contribution >= 4 is 65.4 Å². The molecule has 0 saturated heterocycles. The maximum Gasteiger partial charge on any atom is 0.235 e. The smallest absolute Gasteiger partial charge is 0.235 e. The summed E-state index contributed by atoms with van der Waals surface area (Å²) in [6, 6.07) is 58.2. The van der Waals surface area contributed by atoms with Crippen LogP contribution in [0.4, 0.5) is 0 Å². The van der Waals surface area contributed by atoms with E-state index in [-0.39, 0.29) is 0 Å². The number of nitrogens with zero attached hydrogens (tertiary/aromatic N) is 3. The van der Waals surface area contributed by atoms with E-state index in [2.05, 4.69) is 156 Å². The lowest BCUT2D eigenvalue weighted by atomic mass is 9.96. The van der Waals surface area contributed by atoms with Crippen LogP contribution in [-0.4, -0.2) is 14.5 Å². The van der Waals surface area contributed by atoms with E-state index in [4.69, 9.17) is 14.4 Å². The van der Waals surface area contributed by atoms with Gasteiger partial charge in [0.15, 0.2) is 0 Å². The maximum atomic E-state index is 6.57. The average Bonchev–Trinajstić information content (AvgIpc) is 3.86. The van der Waals surface area contributed by atoms with Gasteiger partial charge in [-0.25, -0.2) is 9.97 Å². The number of para-hydroxylation sites is 2. The molecule has 0 saturated carbocycles. The molecule has 4 heteroatoms. The zero-order valence-corrected chi connectivity index (χ0v) is 27.8. The highest BCUT2D eigenvalue weighted by atomic mass is 16.3. The van der Waals surface area contributed by atoms with Crippen molar-refractivity contribution in [2.45, 2.75) is 0 Å². The topological polar surface area (TPSA) is 43.9 Å². The summed E-state index contributed by atoms with van der Waals surface area (Å²) in [7, 11) is 0. The summed E-state index contributed by atoms with van der Waals surface area (Å²) in [5.41, 5.74) is 14.3. The van der Waals surface area contributed by atoms with Crippen molar-refractivity contribution in [2.75, 3.05) is 0 Å². The maximum absolute atomic E-state index is 6.57. The molecule has 0 amide bonds. The van der Waals surface area contributed by atoms with Crippen LogP contribution in [0.15, 0.2) is 168 Å². The van der Waals surface area contributed by atoms with Crippen LogP contribution in [-0.2, 0) is 0 Å². The van der Waals surface area contributed by atoms with Crippen molar-refractivity contribution in [1.29, 1.82) is 0 Å². The molecule has 4 nitrogen and oxygen atoms in total. The normalized spacial score (nSPS) is 12.2. The summed E-state index contributed by atoms with van der Waals surface area (Å²) in [6.45, 7) is 0. The van der Waals surface area contributed by atoms with Crippen LogP contribution >= 0.6 is 0 Å². The molecule has 0 atom stereocenters. The Labute approximate surface area is 297 Å². The lowest BCUT2D eigenvalue weighted by molar-refractivity contribution is 0.669. The summed E-state index contributed by atoms with van der Waals surface area (Å²) in [6.07, 6.45) is 0. The fraction of sp³-hybridized carbons (Fsp3) is 0. The van der Waals surface area contributed by atoms with Crippen molar-refractivity contribution < 1.29 is 4.42 Å². The molecule has 12 rings (SSSR count). The molecular weight excluding hydrogens is 635 g/mol. The van der Waals surface area contributed by atoms with Crippen LogP contribution in [0.3, 0.4) is 0 Å². The van der Waals surface area contributed by atoms with E-state index >= 15 is 0 Å². The molecule has 1 aliphatic rings. The number of rotatable bonds is 3. The van der Waals surface area contributed by atoms with Crippen LogP contribution in [0.25, 0.3) is 116 Å². The summed E-state index contributed by atoms with van der Waals surface area (Å²) in [5.74, 6) is 0.660. The van der Waals surface area contributed by atoms with Gasteiger partial charge in [-0.05, 0) is 86.6 Å². The summed E-state index contributed by atoms with van der Waals surface area (Å²) in [4.78, 5) is 10.4. The third-order valence-electron chi connectivity index (χ3n) is 10.9. The molecule has 11 aromatic rings. The number of furan rings is 1. The Morgan fingerprint density at radius 1 is 0.385 bits per heavy atom. The lowest BCUT2D eigenvalue weighted by Gasteiger charge is -2.12. The highest BCUT2D eigenvalue weighted by Crippen LogP contribution is 2.51. The standard InChI is InChI=1S/C48H27N3O/c1-2-11-28(12-3-1)47-35-16-6-8-19-40(35)49-48(50-47)51-41-20-9-7-15-33(41)37-25-29(21-23-42(37)51)30-22-24-43-39(26-30)46-36-18-10-17-34-31-13-4-5-14-32(31)38(45(34)36)27-44(46)52-43/h1-27H. The van der Waals surface area contributed by atoms with Crippen LogP contribution in [0, 0.1) is 0 Å². The van der Waals surface area contributed by atoms with Gasteiger partial charge in [0.2, 0.25) is 5.95 Å². The zero-order valence-electron chi connectivity index (χ0n) is 27.8. The Morgan fingerprint density at radius 2 is 1.06 bits per heavy atom. The quantitative estimate of drug-likeness (QED) is 0.189. The lowest BCUT2D eigenvalue weighted by Crippen LogP contribution is -2.03. The first-order valence-corrected chi connectivity index (χ1v) is 17.7. The molecule has 0 bridgehead atoms. The van der Waals surface area contributed by atoms with E-state index in [1.165, 1.54) is 38.4 Å². The fourth-order valence-electron chi connectivity index (χ4n) is 8.67. The van der Waals surface area contributed by atoms with Crippen molar-refractivity contribution in [2.24, 2.45) is 0 Å². The van der Waals surface area contributed by atoms with Gasteiger partial charge in [-0.1, -0.05) is 121 Å². The number of fused-ring (bicyclic) bond motifs is 11. The van der Waals surface area contributed by atoms with Crippen molar-refractivity contribution in [1.82, 2.24) is 14.5 Å². The summed E-state index contributed by atoms with van der Waals surface area (Å²) >= 11 is 0. The zero-order chi connectivity index (χ0) is 33.9. The molecule has 52 heavy (non-hydrogen) atoms. The van der Waals surface area contributed by atoms with Crippen molar-refractivity contribution in [3.05, 3.63) is 164 Å². The van der Waals surface area contributed by atoms with Gasteiger partial charge in [-0.15, -0.1) is 0 Å². The largest absolute Gasteiger partial charge is 0.456 e. The Hall–Kier alpha value is -7.04. The molecule has 0 N–H and O–H groups in total. The van der Waals surface area contributed by atoms with E-state index < -0.39 is 0 Å². The summed E-state index contributed by atoms with van der Waals surface area (Å²) < 4.78 is 8.78. The second kappa shape index (κ2) is 10.3. The van der Waals surface area contributed by atoms with Gasteiger partial charge in [0.25, 0.3) is 0 Å². The van der Waals surface area contributed by atoms with Gasteiger partial charge in [-0.2, -0.15) is 0 Å². The molecule has 0 fully saturated rings. The first-order chi connectivity index (χ1) is 25.8. The molecule has 0 radical (unpaired) electrons. The second-order valence-corrected chi connectivity index (χ2v) is 13.7. The van der Waals surface area contributed by atoms with Gasteiger partial charge in [0.1, 0.15) is 11.2 Å². The van der Waals surface area contributed by atoms with Crippen LogP contribution in [0.5, 0.6) is 0 Å². The minimum Gasteiger partial charge on any atom is -0.456 e. The predicted octanol–water partition coefficient (Wildman–Crippen LogP) is 12.8. The minimum atomic E-state index is 0.660. The van der Waals surface area contributed by atoms with Gasteiger partial charge >= 0.3 is 0 Å². The highest BCUT2D eigenvalue weighted by molar-refractivity contribution is 6.28. The number of aromatic nitrogens is 3. The highest BCUT2D eigenvalue weighted by Gasteiger charge is 2.25. The summed E-state index contributed by atoms with van der Waals surface area (Å²) in [5, 5.41) is 8.21. The number of hydrogen-bond acceptors (Lipinski definition) is 3. The van der Waals surface area contributed by atoms with Gasteiger partial charge in [-0.3, -0.25) is 4.57 Å². The minimum absolute atomic E-state index is 0.660. The first kappa shape index (κ1) is 27.7. The first-order valence-electron chi connectivity index (χ1n) is 17.7. The number of hydrogen-bond donors (Lipinski definition) is 0. The van der Waals surface area contributed by atoms with E-state index in [9.17, 15) is 0 Å². The molecule has 240 valence electrons. The third kappa shape index (κ3) is 3.75. The average molecular weight is 662 g/mol. The Kier molecular flexibility index (Phi) is 5.47.